The first-order valence-corrected chi connectivity index (χ1v) is 4.95. The van der Waals surface area contributed by atoms with Crippen LogP contribution in [0.1, 0.15) is 0 Å². The van der Waals surface area contributed by atoms with E-state index in [1.807, 2.05) is 6.26 Å². The molecule has 0 aliphatic heterocycles. The summed E-state index contributed by atoms with van der Waals surface area (Å²) in [6.07, 6.45) is 7.16. The minimum atomic E-state index is 1.10. The second-order valence-corrected chi connectivity index (χ2v) is 3.80. The van der Waals surface area contributed by atoms with Gasteiger partial charge in [-0.1, -0.05) is 21.6 Å². The molecule has 0 aromatic carbocycles. The van der Waals surface area contributed by atoms with Crippen molar-refractivity contribution in [3.63, 3.8) is 0 Å². The molecule has 0 saturated carbocycles. The van der Waals surface area contributed by atoms with Gasteiger partial charge in [0, 0.05) is 12.4 Å². The largest absolute Gasteiger partial charge is 0.244 e. The smallest absolute Gasteiger partial charge is 0.115 e. The first kappa shape index (κ1) is 6.89. The van der Waals surface area contributed by atoms with Crippen molar-refractivity contribution in [2.45, 2.75) is 4.90 Å². The number of aromatic nitrogens is 2. The zero-order valence-corrected chi connectivity index (χ0v) is 6.58. The van der Waals surface area contributed by atoms with Gasteiger partial charge in [-0.3, -0.25) is 0 Å². The molecule has 48 valence electrons. The normalized spacial score (nSPS) is 9.44. The van der Waals surface area contributed by atoms with Crippen LogP contribution in [0.3, 0.4) is 0 Å². The predicted molar refractivity (Wildman–Crippen MR) is 41.4 cm³/mol. The van der Waals surface area contributed by atoms with Gasteiger partial charge in [-0.2, -0.15) is 0 Å². The van der Waals surface area contributed by atoms with Crippen LogP contribution in [0.2, 0.25) is 0 Å². The lowest BCUT2D eigenvalue weighted by molar-refractivity contribution is 1.10. The van der Waals surface area contributed by atoms with E-state index >= 15 is 0 Å². The van der Waals surface area contributed by atoms with Gasteiger partial charge in [-0.25, -0.2) is 9.97 Å². The van der Waals surface area contributed by atoms with Gasteiger partial charge >= 0.3 is 0 Å². The quantitative estimate of drug-likeness (QED) is 0.613. The van der Waals surface area contributed by atoms with Crippen molar-refractivity contribution in [1.82, 2.24) is 9.97 Å². The summed E-state index contributed by atoms with van der Waals surface area (Å²) in [6, 6.07) is 0. The van der Waals surface area contributed by atoms with Gasteiger partial charge in [-0.15, -0.1) is 0 Å². The Labute approximate surface area is 61.9 Å². The molecule has 1 aromatic rings. The summed E-state index contributed by atoms with van der Waals surface area (Å²) in [6.45, 7) is 0. The van der Waals surface area contributed by atoms with Gasteiger partial charge < -0.3 is 0 Å². The summed E-state index contributed by atoms with van der Waals surface area (Å²) >= 11 is 0. The summed E-state index contributed by atoms with van der Waals surface area (Å²) in [5.74, 6) is 0. The fourth-order valence-electron chi connectivity index (χ4n) is 0.425. The third kappa shape index (κ3) is 2.24. The highest BCUT2D eigenvalue weighted by atomic mass is 33.1. The predicted octanol–water partition coefficient (Wildman–Crippen LogP) is 1.85. The zero-order valence-electron chi connectivity index (χ0n) is 4.94. The molecule has 1 heterocycles. The molecular formula is C5H6N2S2. The van der Waals surface area contributed by atoms with Crippen LogP contribution in [0.5, 0.6) is 0 Å². The Balaban J connectivity index is 2.61. The molecule has 0 radical (unpaired) electrons. The molecular weight excluding hydrogens is 152 g/mol. The third-order valence-electron chi connectivity index (χ3n) is 0.716. The molecule has 0 unspecified atom stereocenters. The fraction of sp³-hybridized carbons (Fsp3) is 0.200. The SMILES string of the molecule is CSSc1cncnc1. The molecule has 2 nitrogen and oxygen atoms in total. The average molecular weight is 158 g/mol. The minimum absolute atomic E-state index is 1.10. The molecule has 0 amide bonds. The van der Waals surface area contributed by atoms with Crippen molar-refractivity contribution >= 4 is 21.6 Å². The van der Waals surface area contributed by atoms with Crippen molar-refractivity contribution in [3.8, 4) is 0 Å². The zero-order chi connectivity index (χ0) is 6.53. The second kappa shape index (κ2) is 3.74. The molecule has 0 fully saturated rings. The summed E-state index contributed by atoms with van der Waals surface area (Å²) < 4.78 is 0. The maximum Gasteiger partial charge on any atom is 0.115 e. The van der Waals surface area contributed by atoms with E-state index in [1.165, 1.54) is 6.33 Å². The van der Waals surface area contributed by atoms with Crippen molar-refractivity contribution < 1.29 is 0 Å². The van der Waals surface area contributed by atoms with E-state index in [0.717, 1.165) is 4.90 Å². The first-order chi connectivity index (χ1) is 4.43. The van der Waals surface area contributed by atoms with Crippen LogP contribution in [0, 0.1) is 0 Å². The van der Waals surface area contributed by atoms with Gasteiger partial charge in [0.15, 0.2) is 0 Å². The Morgan fingerprint density at radius 3 is 2.56 bits per heavy atom. The lowest BCUT2D eigenvalue weighted by atomic mass is 10.7. The van der Waals surface area contributed by atoms with Crippen LogP contribution in [-0.2, 0) is 0 Å². The lowest BCUT2D eigenvalue weighted by Gasteiger charge is -1.91. The Hall–Kier alpha value is -0.220. The topological polar surface area (TPSA) is 25.8 Å². The molecule has 1 aromatic heterocycles. The third-order valence-corrected chi connectivity index (χ3v) is 2.36. The molecule has 0 N–H and O–H groups in total. The van der Waals surface area contributed by atoms with Gasteiger partial charge in [0.1, 0.15) is 6.33 Å². The van der Waals surface area contributed by atoms with E-state index in [2.05, 4.69) is 9.97 Å². The second-order valence-electron chi connectivity index (χ2n) is 1.32. The monoisotopic (exact) mass is 158 g/mol. The molecule has 0 aliphatic rings. The lowest BCUT2D eigenvalue weighted by Crippen LogP contribution is -1.74. The van der Waals surface area contributed by atoms with Crippen molar-refractivity contribution in [1.29, 1.82) is 0 Å². The summed E-state index contributed by atoms with van der Waals surface area (Å²) in [4.78, 5) is 8.82. The van der Waals surface area contributed by atoms with Gasteiger partial charge in [0.2, 0.25) is 0 Å². The maximum atomic E-state index is 3.86. The molecule has 0 bridgehead atoms. The van der Waals surface area contributed by atoms with Crippen LogP contribution >= 0.6 is 21.6 Å². The van der Waals surface area contributed by atoms with Crippen molar-refractivity contribution in [3.05, 3.63) is 18.7 Å². The highest BCUT2D eigenvalue weighted by molar-refractivity contribution is 8.76. The number of hydrogen-bond acceptors (Lipinski definition) is 4. The van der Waals surface area contributed by atoms with Gasteiger partial charge in [-0.05, 0) is 6.26 Å². The van der Waals surface area contributed by atoms with Gasteiger partial charge in [0.05, 0.1) is 4.90 Å². The minimum Gasteiger partial charge on any atom is -0.244 e. The molecule has 9 heavy (non-hydrogen) atoms. The average Bonchev–Trinajstić information content (AvgIpc) is 1.91. The first-order valence-electron chi connectivity index (χ1n) is 2.39. The molecule has 0 saturated heterocycles. The van der Waals surface area contributed by atoms with E-state index in [-0.39, 0.29) is 0 Å². The highest BCUT2D eigenvalue weighted by Gasteiger charge is 1.88. The standard InChI is InChI=1S/C5H6N2S2/c1-8-9-5-2-6-4-7-3-5/h2-4H,1H3. The van der Waals surface area contributed by atoms with E-state index in [0.29, 0.717) is 0 Å². The van der Waals surface area contributed by atoms with E-state index in [4.69, 9.17) is 0 Å². The Morgan fingerprint density at radius 1 is 1.33 bits per heavy atom. The fourth-order valence-corrected chi connectivity index (χ4v) is 1.66. The van der Waals surface area contributed by atoms with Crippen LogP contribution in [0.25, 0.3) is 0 Å². The molecule has 0 aliphatic carbocycles. The van der Waals surface area contributed by atoms with Crippen LogP contribution < -0.4 is 0 Å². The van der Waals surface area contributed by atoms with E-state index in [9.17, 15) is 0 Å². The Bertz CT molecular complexity index is 166. The van der Waals surface area contributed by atoms with Crippen LogP contribution in [0.4, 0.5) is 0 Å². The van der Waals surface area contributed by atoms with Gasteiger partial charge in [0.25, 0.3) is 0 Å². The van der Waals surface area contributed by atoms with Crippen LogP contribution in [0.15, 0.2) is 23.6 Å². The number of nitrogens with zero attached hydrogens (tertiary/aromatic N) is 2. The molecule has 4 heteroatoms. The molecule has 0 atom stereocenters. The molecule has 1 rings (SSSR count). The van der Waals surface area contributed by atoms with Crippen molar-refractivity contribution in [2.24, 2.45) is 0 Å². The Morgan fingerprint density at radius 2 is 2.00 bits per heavy atom. The highest BCUT2D eigenvalue weighted by Crippen LogP contribution is 2.26. The number of rotatable bonds is 2. The number of hydrogen-bond donors (Lipinski definition) is 0. The van der Waals surface area contributed by atoms with E-state index in [1.54, 1.807) is 34.0 Å². The maximum absolute atomic E-state index is 3.86. The van der Waals surface area contributed by atoms with Crippen LogP contribution in [-0.4, -0.2) is 16.2 Å². The Kier molecular flexibility index (Phi) is 2.86. The molecule has 0 spiro atoms. The summed E-state index contributed by atoms with van der Waals surface area (Å²) in [7, 11) is 3.36. The van der Waals surface area contributed by atoms with Crippen molar-refractivity contribution in [2.75, 3.05) is 6.26 Å². The van der Waals surface area contributed by atoms with E-state index < -0.39 is 0 Å². The summed E-state index contributed by atoms with van der Waals surface area (Å²) in [5, 5.41) is 0. The summed E-state index contributed by atoms with van der Waals surface area (Å²) in [5.41, 5.74) is 0.